The maximum absolute atomic E-state index is 12.5. The maximum atomic E-state index is 12.5. The van der Waals surface area contributed by atoms with E-state index in [1.54, 1.807) is 41.8 Å². The summed E-state index contributed by atoms with van der Waals surface area (Å²) in [5.74, 6) is -1.19. The van der Waals surface area contributed by atoms with Gasteiger partial charge in [-0.2, -0.15) is 0 Å². The van der Waals surface area contributed by atoms with Crippen molar-refractivity contribution >= 4 is 40.5 Å². The Morgan fingerprint density at radius 1 is 1.03 bits per heavy atom. The summed E-state index contributed by atoms with van der Waals surface area (Å²) < 4.78 is 5.17. The number of rotatable bonds is 8. The number of esters is 1. The van der Waals surface area contributed by atoms with Gasteiger partial charge in [-0.15, -0.1) is 11.3 Å². The van der Waals surface area contributed by atoms with Gasteiger partial charge < -0.3 is 10.1 Å². The molecule has 0 aliphatic carbocycles. The quantitative estimate of drug-likeness (QED) is 0.506. The lowest BCUT2D eigenvalue weighted by Gasteiger charge is -2.18. The van der Waals surface area contributed by atoms with Gasteiger partial charge in [-0.3, -0.25) is 19.2 Å². The van der Waals surface area contributed by atoms with Crippen molar-refractivity contribution in [1.82, 2.24) is 0 Å². The van der Waals surface area contributed by atoms with Crippen LogP contribution in [0.1, 0.15) is 60.6 Å². The van der Waals surface area contributed by atoms with E-state index in [1.807, 2.05) is 20.8 Å². The number of benzene rings is 1. The molecule has 0 aliphatic rings. The molecule has 2 aromatic rings. The Bertz CT molecular complexity index is 879. The number of carbonyl (C=O) groups is 4. The first-order chi connectivity index (χ1) is 13.6. The highest BCUT2D eigenvalue weighted by Crippen LogP contribution is 2.19. The monoisotopic (exact) mass is 415 g/mol. The van der Waals surface area contributed by atoms with E-state index in [2.05, 4.69) is 5.32 Å². The van der Waals surface area contributed by atoms with Crippen LogP contribution < -0.4 is 5.32 Å². The zero-order chi connectivity index (χ0) is 21.6. The third kappa shape index (κ3) is 6.64. The molecule has 0 fully saturated rings. The Kier molecular flexibility index (Phi) is 7.45. The third-order valence-electron chi connectivity index (χ3n) is 4.14. The van der Waals surface area contributed by atoms with Gasteiger partial charge in [0.25, 0.3) is 0 Å². The van der Waals surface area contributed by atoms with Crippen LogP contribution >= 0.6 is 11.3 Å². The molecule has 0 saturated heterocycles. The van der Waals surface area contributed by atoms with Crippen molar-refractivity contribution in [2.45, 2.75) is 46.6 Å². The Morgan fingerprint density at radius 3 is 2.24 bits per heavy atom. The number of anilines is 1. The number of hydrogen-bond donors (Lipinski definition) is 1. The van der Waals surface area contributed by atoms with Crippen LogP contribution in [-0.4, -0.2) is 29.5 Å². The minimum atomic E-state index is -0.964. The van der Waals surface area contributed by atoms with Gasteiger partial charge in [0.15, 0.2) is 11.9 Å². The van der Waals surface area contributed by atoms with Gasteiger partial charge in [0, 0.05) is 23.1 Å². The fourth-order valence-corrected chi connectivity index (χ4v) is 3.05. The number of carbonyl (C=O) groups excluding carboxylic acids is 4. The van der Waals surface area contributed by atoms with E-state index in [9.17, 15) is 19.2 Å². The largest absolute Gasteiger partial charge is 0.454 e. The molecular weight excluding hydrogens is 390 g/mol. The van der Waals surface area contributed by atoms with Gasteiger partial charge in [-0.1, -0.05) is 26.8 Å². The summed E-state index contributed by atoms with van der Waals surface area (Å²) in [5.41, 5.74) is 0.425. The van der Waals surface area contributed by atoms with E-state index in [4.69, 9.17) is 4.74 Å². The molecule has 0 unspecified atom stereocenters. The van der Waals surface area contributed by atoms with E-state index in [0.717, 1.165) is 0 Å². The predicted molar refractivity (Wildman–Crippen MR) is 112 cm³/mol. The number of ether oxygens (including phenoxy) is 1. The maximum Gasteiger partial charge on any atom is 0.306 e. The van der Waals surface area contributed by atoms with Gasteiger partial charge in [-0.25, -0.2) is 0 Å². The van der Waals surface area contributed by atoms with Crippen molar-refractivity contribution < 1.29 is 23.9 Å². The lowest BCUT2D eigenvalue weighted by molar-refractivity contribution is -0.146. The van der Waals surface area contributed by atoms with E-state index < -0.39 is 17.5 Å². The van der Waals surface area contributed by atoms with Gasteiger partial charge in [0.2, 0.25) is 11.7 Å². The van der Waals surface area contributed by atoms with E-state index in [1.165, 1.54) is 18.3 Å². The number of ketones is 2. The Morgan fingerprint density at radius 2 is 1.69 bits per heavy atom. The summed E-state index contributed by atoms with van der Waals surface area (Å²) in [7, 11) is 0. The van der Waals surface area contributed by atoms with E-state index in [-0.39, 0.29) is 30.3 Å². The number of nitrogens with one attached hydrogen (secondary N) is 1. The number of amides is 1. The molecule has 29 heavy (non-hydrogen) atoms. The number of hydrogen-bond acceptors (Lipinski definition) is 6. The molecule has 7 heteroatoms. The van der Waals surface area contributed by atoms with Gasteiger partial charge in [-0.05, 0) is 42.6 Å². The zero-order valence-electron chi connectivity index (χ0n) is 17.0. The first-order valence-corrected chi connectivity index (χ1v) is 10.2. The average molecular weight is 416 g/mol. The first kappa shape index (κ1) is 22.5. The molecule has 1 amide bonds. The molecule has 0 bridgehead atoms. The summed E-state index contributed by atoms with van der Waals surface area (Å²) in [6.07, 6.45) is -0.997. The molecule has 0 saturated carbocycles. The molecule has 1 heterocycles. The highest BCUT2D eigenvalue weighted by Gasteiger charge is 2.22. The Labute approximate surface area is 174 Å². The van der Waals surface area contributed by atoms with Gasteiger partial charge in [0.05, 0.1) is 11.3 Å². The minimum Gasteiger partial charge on any atom is -0.454 e. The molecule has 0 spiro atoms. The molecule has 1 N–H and O–H groups in total. The molecule has 1 aromatic carbocycles. The van der Waals surface area contributed by atoms with Crippen LogP contribution in [0, 0.1) is 5.41 Å². The smallest absolute Gasteiger partial charge is 0.306 e. The summed E-state index contributed by atoms with van der Waals surface area (Å²) in [6.45, 7) is 6.93. The number of thiophene rings is 1. The van der Waals surface area contributed by atoms with Crippen molar-refractivity contribution in [3.05, 3.63) is 52.2 Å². The lowest BCUT2D eigenvalue weighted by atomic mass is 9.95. The third-order valence-corrected chi connectivity index (χ3v) is 5.05. The fraction of sp³-hybridized carbons (Fsp3) is 0.364. The van der Waals surface area contributed by atoms with Crippen LogP contribution in [-0.2, 0) is 14.3 Å². The molecule has 6 nitrogen and oxygen atoms in total. The highest BCUT2D eigenvalue weighted by atomic mass is 32.1. The van der Waals surface area contributed by atoms with Crippen LogP contribution in [0.3, 0.4) is 0 Å². The molecule has 0 aliphatic heterocycles. The predicted octanol–water partition coefficient (Wildman–Crippen LogP) is 4.51. The molecule has 1 aromatic heterocycles. The lowest BCUT2D eigenvalue weighted by Crippen LogP contribution is -2.27. The van der Waals surface area contributed by atoms with Crippen LogP contribution in [0.5, 0.6) is 0 Å². The summed E-state index contributed by atoms with van der Waals surface area (Å²) in [6, 6.07) is 9.89. The molecule has 1 atom stereocenters. The Balaban J connectivity index is 1.86. The highest BCUT2D eigenvalue weighted by molar-refractivity contribution is 7.12. The van der Waals surface area contributed by atoms with Crippen LogP contribution in [0.4, 0.5) is 5.69 Å². The summed E-state index contributed by atoms with van der Waals surface area (Å²) >= 11 is 1.32. The summed E-state index contributed by atoms with van der Waals surface area (Å²) in [5, 5.41) is 4.58. The van der Waals surface area contributed by atoms with Crippen LogP contribution in [0.25, 0.3) is 0 Å². The standard InChI is InChI=1S/C22H25NO5S/c1-14(28-19(25)12-11-17(24)18-6-5-13-29-18)20(26)15-7-9-16(10-8-15)23-21(27)22(2,3)4/h5-10,13-14H,11-12H2,1-4H3,(H,23,27)/t14-/m1/s1. The second kappa shape index (κ2) is 9.60. The second-order valence-electron chi connectivity index (χ2n) is 7.68. The Hall–Kier alpha value is -2.80. The zero-order valence-corrected chi connectivity index (χ0v) is 17.8. The van der Waals surface area contributed by atoms with Gasteiger partial charge >= 0.3 is 5.97 Å². The minimum absolute atomic E-state index is 0.0441. The van der Waals surface area contributed by atoms with Crippen molar-refractivity contribution in [3.8, 4) is 0 Å². The van der Waals surface area contributed by atoms with Crippen molar-refractivity contribution in [1.29, 1.82) is 0 Å². The van der Waals surface area contributed by atoms with E-state index in [0.29, 0.717) is 16.1 Å². The van der Waals surface area contributed by atoms with Crippen molar-refractivity contribution in [2.24, 2.45) is 5.41 Å². The van der Waals surface area contributed by atoms with Crippen LogP contribution in [0.15, 0.2) is 41.8 Å². The normalized spacial score (nSPS) is 12.1. The fourth-order valence-electron chi connectivity index (χ4n) is 2.36. The average Bonchev–Trinajstić information content (AvgIpc) is 3.20. The molecule has 154 valence electrons. The van der Waals surface area contributed by atoms with Crippen molar-refractivity contribution in [2.75, 3.05) is 5.32 Å². The van der Waals surface area contributed by atoms with Crippen LogP contribution in [0.2, 0.25) is 0 Å². The number of Topliss-reactive ketones (excluding diaryl/α,β-unsaturated/α-hetero) is 2. The first-order valence-electron chi connectivity index (χ1n) is 9.30. The molecular formula is C22H25NO5S. The topological polar surface area (TPSA) is 89.5 Å². The molecule has 0 radical (unpaired) electrons. The summed E-state index contributed by atoms with van der Waals surface area (Å²) in [4.78, 5) is 49.0. The second-order valence-corrected chi connectivity index (χ2v) is 8.63. The van der Waals surface area contributed by atoms with Crippen molar-refractivity contribution in [3.63, 3.8) is 0 Å². The SMILES string of the molecule is C[C@@H](OC(=O)CCC(=O)c1cccs1)C(=O)c1ccc(NC(=O)C(C)(C)C)cc1. The van der Waals surface area contributed by atoms with Gasteiger partial charge in [0.1, 0.15) is 0 Å². The van der Waals surface area contributed by atoms with E-state index >= 15 is 0 Å². The molecule has 2 rings (SSSR count).